The van der Waals surface area contributed by atoms with E-state index in [1.54, 1.807) is 0 Å². The van der Waals surface area contributed by atoms with Crippen molar-refractivity contribution in [2.75, 3.05) is 51.5 Å². The van der Waals surface area contributed by atoms with E-state index in [0.29, 0.717) is 6.04 Å². The molecule has 1 saturated heterocycles. The number of benzene rings is 1. The molecule has 0 atom stereocenters. The van der Waals surface area contributed by atoms with Gasteiger partial charge in [0, 0.05) is 68.5 Å². The number of piperidine rings is 1. The highest BCUT2D eigenvalue weighted by atomic mass is 15.5. The zero-order valence-corrected chi connectivity index (χ0v) is 21.5. The zero-order valence-electron chi connectivity index (χ0n) is 21.5. The Hall–Kier alpha value is -3.42. The van der Waals surface area contributed by atoms with Crippen molar-refractivity contribution in [3.05, 3.63) is 72.7 Å². The fraction of sp³-hybridized carbons (Fsp3) is 0.357. The van der Waals surface area contributed by atoms with Gasteiger partial charge < -0.3 is 20.1 Å². The Labute approximate surface area is 209 Å². The highest BCUT2D eigenvalue weighted by Gasteiger charge is 2.21. The van der Waals surface area contributed by atoms with Crippen molar-refractivity contribution in [2.45, 2.75) is 25.8 Å². The lowest BCUT2D eigenvalue weighted by atomic mass is 10.0. The number of anilines is 2. The van der Waals surface area contributed by atoms with Crippen LogP contribution in [-0.2, 0) is 0 Å². The molecule has 1 aromatic carbocycles. The lowest BCUT2D eigenvalue weighted by Gasteiger charge is -2.36. The number of aromatic nitrogens is 2. The number of hydrazine groups is 1. The molecule has 3 aromatic rings. The van der Waals surface area contributed by atoms with E-state index in [1.807, 2.05) is 37.6 Å². The van der Waals surface area contributed by atoms with Gasteiger partial charge in [0.2, 0.25) is 0 Å². The minimum absolute atomic E-state index is 0.647. The van der Waals surface area contributed by atoms with E-state index < -0.39 is 0 Å². The minimum Gasteiger partial charge on any atom is -0.356 e. The van der Waals surface area contributed by atoms with Crippen molar-refractivity contribution >= 4 is 33.7 Å². The summed E-state index contributed by atoms with van der Waals surface area (Å²) in [4.78, 5) is 13.9. The summed E-state index contributed by atoms with van der Waals surface area (Å²) in [5, 5.41) is 7.58. The van der Waals surface area contributed by atoms with Gasteiger partial charge in [-0.3, -0.25) is 0 Å². The Morgan fingerprint density at radius 3 is 2.51 bits per heavy atom. The summed E-state index contributed by atoms with van der Waals surface area (Å²) < 4.78 is 0. The third kappa shape index (κ3) is 5.99. The van der Waals surface area contributed by atoms with Gasteiger partial charge in [-0.2, -0.15) is 0 Å². The van der Waals surface area contributed by atoms with E-state index in [0.717, 1.165) is 59.6 Å². The van der Waals surface area contributed by atoms with Crippen molar-refractivity contribution in [2.24, 2.45) is 0 Å². The van der Waals surface area contributed by atoms with Crippen LogP contribution in [0, 0.1) is 0 Å². The Bertz CT molecular complexity index is 1210. The van der Waals surface area contributed by atoms with Crippen molar-refractivity contribution in [3.63, 3.8) is 0 Å². The molecule has 35 heavy (non-hydrogen) atoms. The number of hydrogen-bond acceptors (Lipinski definition) is 7. The standard InChI is InChI=1S/C28H37N7/c1-20(19-34(6)29-3)22-7-8-24-18-31-27(16-25(24)15-22)32-21(2)23-9-12-30-28(17-23)35-13-10-26(11-14-35)33(4)5/h7-9,12,15-19,26,29H,2,10-11,13-14H2,1,3-6H3,(H,31,32)/b20-19+. The molecule has 0 aliphatic carbocycles. The molecule has 4 rings (SSSR count). The molecule has 1 fully saturated rings. The van der Waals surface area contributed by atoms with Crippen LogP contribution in [0.5, 0.6) is 0 Å². The summed E-state index contributed by atoms with van der Waals surface area (Å²) in [6, 6.07) is 13.3. The van der Waals surface area contributed by atoms with Gasteiger partial charge >= 0.3 is 0 Å². The van der Waals surface area contributed by atoms with Gasteiger partial charge in [0.1, 0.15) is 11.6 Å². The number of fused-ring (bicyclic) bond motifs is 1. The first-order valence-corrected chi connectivity index (χ1v) is 12.2. The molecule has 1 aliphatic rings. The fourth-order valence-corrected chi connectivity index (χ4v) is 4.50. The number of rotatable bonds is 8. The van der Waals surface area contributed by atoms with Crippen LogP contribution in [0.1, 0.15) is 30.9 Å². The van der Waals surface area contributed by atoms with Gasteiger partial charge in [-0.05, 0) is 74.6 Å². The topological polar surface area (TPSA) is 59.6 Å². The summed E-state index contributed by atoms with van der Waals surface area (Å²) in [5.74, 6) is 1.78. The summed E-state index contributed by atoms with van der Waals surface area (Å²) >= 11 is 0. The van der Waals surface area contributed by atoms with Crippen LogP contribution in [0.4, 0.5) is 11.6 Å². The van der Waals surface area contributed by atoms with Crippen LogP contribution in [0.15, 0.2) is 61.6 Å². The molecule has 184 valence electrons. The largest absolute Gasteiger partial charge is 0.356 e. The number of pyridine rings is 2. The summed E-state index contributed by atoms with van der Waals surface area (Å²) in [6.45, 7) is 8.44. The third-order valence-corrected chi connectivity index (χ3v) is 6.81. The second-order valence-electron chi connectivity index (χ2n) is 9.47. The van der Waals surface area contributed by atoms with E-state index in [4.69, 9.17) is 0 Å². The number of nitrogens with zero attached hydrogens (tertiary/aromatic N) is 5. The first-order valence-electron chi connectivity index (χ1n) is 12.2. The lowest BCUT2D eigenvalue weighted by Crippen LogP contribution is -2.42. The van der Waals surface area contributed by atoms with Gasteiger partial charge in [-0.15, -0.1) is 0 Å². The highest BCUT2D eigenvalue weighted by molar-refractivity contribution is 5.88. The number of hydrogen-bond donors (Lipinski definition) is 2. The first-order chi connectivity index (χ1) is 16.8. The molecule has 2 N–H and O–H groups in total. The fourth-order valence-electron chi connectivity index (χ4n) is 4.50. The molecule has 1 aliphatic heterocycles. The molecular formula is C28H37N7. The molecule has 0 saturated carbocycles. The molecule has 7 heteroatoms. The maximum atomic E-state index is 4.63. The van der Waals surface area contributed by atoms with Crippen molar-refractivity contribution in [3.8, 4) is 0 Å². The van der Waals surface area contributed by atoms with E-state index in [9.17, 15) is 0 Å². The molecule has 0 spiro atoms. The summed E-state index contributed by atoms with van der Waals surface area (Å²) in [5.41, 5.74) is 7.28. The van der Waals surface area contributed by atoms with E-state index in [1.165, 1.54) is 11.1 Å². The maximum Gasteiger partial charge on any atom is 0.130 e. The molecule has 2 aromatic heterocycles. The SMILES string of the molecule is C=C(Nc1cc2cc(/C(C)=C/N(C)NC)ccc2cn1)c1ccnc(N2CCC(N(C)C)CC2)c1. The number of nitrogens with one attached hydrogen (secondary N) is 2. The Balaban J connectivity index is 1.48. The lowest BCUT2D eigenvalue weighted by molar-refractivity contribution is 0.249. The summed E-state index contributed by atoms with van der Waals surface area (Å²) in [6.07, 6.45) is 8.16. The number of allylic oxidation sites excluding steroid dienone is 1. The average Bonchev–Trinajstić information content (AvgIpc) is 2.88. The van der Waals surface area contributed by atoms with Crippen molar-refractivity contribution in [1.29, 1.82) is 0 Å². The maximum absolute atomic E-state index is 4.63. The summed E-state index contributed by atoms with van der Waals surface area (Å²) in [7, 11) is 8.21. The van der Waals surface area contributed by atoms with Gasteiger partial charge in [-0.25, -0.2) is 15.4 Å². The third-order valence-electron chi connectivity index (χ3n) is 6.81. The molecule has 0 bridgehead atoms. The Morgan fingerprint density at radius 1 is 1.03 bits per heavy atom. The van der Waals surface area contributed by atoms with Gasteiger partial charge in [0.15, 0.2) is 0 Å². The smallest absolute Gasteiger partial charge is 0.130 e. The monoisotopic (exact) mass is 471 g/mol. The second kappa shape index (κ2) is 10.9. The Kier molecular flexibility index (Phi) is 7.68. The van der Waals surface area contributed by atoms with Crippen LogP contribution in [-0.4, -0.2) is 67.2 Å². The van der Waals surface area contributed by atoms with Crippen LogP contribution in [0.25, 0.3) is 22.0 Å². The molecule has 0 radical (unpaired) electrons. The average molecular weight is 472 g/mol. The highest BCUT2D eigenvalue weighted by Crippen LogP contribution is 2.26. The van der Waals surface area contributed by atoms with Crippen LogP contribution < -0.4 is 15.6 Å². The quantitative estimate of drug-likeness (QED) is 0.463. The second-order valence-corrected chi connectivity index (χ2v) is 9.47. The van der Waals surface area contributed by atoms with E-state index in [-0.39, 0.29) is 0 Å². The zero-order chi connectivity index (χ0) is 24.9. The normalized spacial score (nSPS) is 15.0. The van der Waals surface area contributed by atoms with Crippen LogP contribution in [0.2, 0.25) is 0 Å². The van der Waals surface area contributed by atoms with E-state index >= 15 is 0 Å². The van der Waals surface area contributed by atoms with E-state index in [2.05, 4.69) is 94.6 Å². The molecule has 3 heterocycles. The Morgan fingerprint density at radius 2 is 1.80 bits per heavy atom. The van der Waals surface area contributed by atoms with Crippen molar-refractivity contribution in [1.82, 2.24) is 25.3 Å². The molecular weight excluding hydrogens is 434 g/mol. The predicted molar refractivity (Wildman–Crippen MR) is 148 cm³/mol. The van der Waals surface area contributed by atoms with Crippen LogP contribution >= 0.6 is 0 Å². The first kappa shape index (κ1) is 24.7. The predicted octanol–water partition coefficient (Wildman–Crippen LogP) is 4.67. The molecule has 7 nitrogen and oxygen atoms in total. The minimum atomic E-state index is 0.647. The molecule has 0 unspecified atom stereocenters. The van der Waals surface area contributed by atoms with Gasteiger partial charge in [0.05, 0.1) is 0 Å². The van der Waals surface area contributed by atoms with Gasteiger partial charge in [0.25, 0.3) is 0 Å². The molecule has 0 amide bonds. The van der Waals surface area contributed by atoms with Crippen LogP contribution in [0.3, 0.4) is 0 Å². The van der Waals surface area contributed by atoms with Gasteiger partial charge in [-0.1, -0.05) is 18.7 Å². The van der Waals surface area contributed by atoms with Crippen molar-refractivity contribution < 1.29 is 0 Å².